The number of anilines is 2. The van der Waals surface area contributed by atoms with Crippen LogP contribution >= 0.6 is 34.8 Å². The van der Waals surface area contributed by atoms with Gasteiger partial charge in [-0.15, -0.1) is 0 Å². The van der Waals surface area contributed by atoms with Gasteiger partial charge in [-0.2, -0.15) is 5.26 Å². The van der Waals surface area contributed by atoms with Crippen molar-refractivity contribution >= 4 is 63.1 Å². The Morgan fingerprint density at radius 3 is 2.40 bits per heavy atom. The lowest BCUT2D eigenvalue weighted by atomic mass is 10.0. The van der Waals surface area contributed by atoms with Gasteiger partial charge in [0, 0.05) is 37.8 Å². The summed E-state index contributed by atoms with van der Waals surface area (Å²) < 4.78 is 31.8. The van der Waals surface area contributed by atoms with Crippen molar-refractivity contribution < 1.29 is 13.6 Å². The Balaban J connectivity index is 1.93. The molecule has 45 heavy (non-hydrogen) atoms. The molecule has 0 bridgehead atoms. The van der Waals surface area contributed by atoms with Crippen LogP contribution in [0.5, 0.6) is 0 Å². The van der Waals surface area contributed by atoms with Crippen LogP contribution in [0.1, 0.15) is 36.6 Å². The molecule has 1 aromatic carbocycles. The maximum Gasteiger partial charge on any atom is 0.276 e. The number of nitrogen functional groups attached to an aromatic ring is 1. The van der Waals surface area contributed by atoms with Gasteiger partial charge in [-0.1, -0.05) is 55.2 Å². The summed E-state index contributed by atoms with van der Waals surface area (Å²) in [6.07, 6.45) is 2.83. The number of benzene rings is 1. The lowest BCUT2D eigenvalue weighted by molar-refractivity contribution is -0.126. The molecule has 3 aromatic heterocycles. The number of nitrogens with two attached hydrogens (primary N) is 1. The topological polar surface area (TPSA) is 121 Å². The minimum Gasteiger partial charge on any atom is -0.395 e. The summed E-state index contributed by atoms with van der Waals surface area (Å²) >= 11 is 18.8. The van der Waals surface area contributed by atoms with Crippen molar-refractivity contribution in [2.75, 3.05) is 36.8 Å². The van der Waals surface area contributed by atoms with Gasteiger partial charge in [0.15, 0.2) is 11.6 Å². The fourth-order valence-corrected chi connectivity index (χ4v) is 6.24. The number of piperazine rings is 1. The molecule has 9 nitrogen and oxygen atoms in total. The molecule has 4 aromatic rings. The number of carbonyl (C=O) groups excluding carboxylic acids is 1. The Morgan fingerprint density at radius 2 is 1.80 bits per heavy atom. The van der Waals surface area contributed by atoms with Crippen LogP contribution < -0.4 is 16.2 Å². The predicted octanol–water partition coefficient (Wildman–Crippen LogP) is 6.41. The Labute approximate surface area is 272 Å². The summed E-state index contributed by atoms with van der Waals surface area (Å²) in [5.41, 5.74) is 5.10. The number of aryl methyl sites for hydroxylation is 1. The molecule has 0 radical (unpaired) electrons. The lowest BCUT2D eigenvalue weighted by Gasteiger charge is -2.36. The number of aromatic nitrogens is 3. The molecule has 1 aliphatic rings. The highest BCUT2D eigenvalue weighted by molar-refractivity contribution is 6.39. The van der Waals surface area contributed by atoms with E-state index in [1.807, 2.05) is 13.8 Å². The molecule has 232 valence electrons. The maximum atomic E-state index is 15.6. The number of pyridine rings is 3. The van der Waals surface area contributed by atoms with Gasteiger partial charge in [0.1, 0.15) is 22.3 Å². The first-order chi connectivity index (χ1) is 21.3. The average molecular weight is 673 g/mol. The number of amides is 1. The largest absolute Gasteiger partial charge is 0.395 e. The van der Waals surface area contributed by atoms with Crippen LogP contribution in [-0.2, 0) is 4.79 Å². The Kier molecular flexibility index (Phi) is 8.77. The molecule has 5 rings (SSSR count). The molecule has 0 saturated carbocycles. The molecule has 0 unspecified atom stereocenters. The Bertz CT molecular complexity index is 1990. The summed E-state index contributed by atoms with van der Waals surface area (Å²) in [5.74, 6) is -2.72. The third kappa shape index (κ3) is 5.27. The van der Waals surface area contributed by atoms with E-state index < -0.39 is 38.5 Å². The monoisotopic (exact) mass is 671 g/mol. The van der Waals surface area contributed by atoms with Gasteiger partial charge >= 0.3 is 0 Å². The summed E-state index contributed by atoms with van der Waals surface area (Å²) in [7, 11) is 0. The molecule has 4 heterocycles. The van der Waals surface area contributed by atoms with E-state index in [-0.39, 0.29) is 57.9 Å². The van der Waals surface area contributed by atoms with Gasteiger partial charge in [-0.3, -0.25) is 19.1 Å². The molecule has 1 aliphatic heterocycles. The van der Waals surface area contributed by atoms with Crippen LogP contribution in [0.2, 0.25) is 15.1 Å². The van der Waals surface area contributed by atoms with Crippen molar-refractivity contribution in [3.05, 3.63) is 84.9 Å². The van der Waals surface area contributed by atoms with Crippen molar-refractivity contribution in [2.45, 2.75) is 26.7 Å². The smallest absolute Gasteiger partial charge is 0.276 e. The zero-order valence-corrected chi connectivity index (χ0v) is 26.7. The van der Waals surface area contributed by atoms with Gasteiger partial charge < -0.3 is 15.5 Å². The number of hydrogen-bond acceptors (Lipinski definition) is 7. The number of fused-ring (bicyclic) bond motifs is 1. The van der Waals surface area contributed by atoms with Crippen LogP contribution in [-0.4, -0.2) is 51.5 Å². The van der Waals surface area contributed by atoms with E-state index in [9.17, 15) is 19.2 Å². The standard InChI is InChI=1S/C31H26Cl3F2N7O2/c1-5-19(44)41-8-10-42(11-9-41)29-16-12-18(32)27(20-21(33)24(36)22(34)25(38)23(20)35)40-30(16)43(31(45)17(29)13-37)28-15(4)6-7-39-26(28)14(2)3/h5-7,12,14H,1,8-11,38H2,2-4H3. The van der Waals surface area contributed by atoms with Gasteiger partial charge in [0.05, 0.1) is 44.1 Å². The second-order valence-corrected chi connectivity index (χ2v) is 11.9. The highest BCUT2D eigenvalue weighted by Crippen LogP contribution is 2.44. The molecular formula is C31H26Cl3F2N7O2. The van der Waals surface area contributed by atoms with E-state index in [1.54, 1.807) is 29.0 Å². The number of nitriles is 1. The minimum absolute atomic E-state index is 0.0135. The lowest BCUT2D eigenvalue weighted by Crippen LogP contribution is -2.49. The van der Waals surface area contributed by atoms with Crippen LogP contribution in [0, 0.1) is 29.9 Å². The van der Waals surface area contributed by atoms with E-state index in [0.717, 1.165) is 0 Å². The minimum atomic E-state index is -1.17. The SMILES string of the molecule is C=CC(=O)N1CCN(c2c(C#N)c(=O)n(-c3c(C)ccnc3C(C)C)c3nc(-c4c(F)c(N)c(Cl)c(F)c4Cl)c(Cl)cc23)CC1. The van der Waals surface area contributed by atoms with Gasteiger partial charge in [-0.05, 0) is 36.6 Å². The summed E-state index contributed by atoms with van der Waals surface area (Å²) in [5, 5.41) is 9.10. The summed E-state index contributed by atoms with van der Waals surface area (Å²) in [6, 6.07) is 5.19. The highest BCUT2D eigenvalue weighted by atomic mass is 35.5. The van der Waals surface area contributed by atoms with Crippen molar-refractivity contribution in [1.29, 1.82) is 5.26 Å². The van der Waals surface area contributed by atoms with E-state index in [1.165, 1.54) is 16.7 Å². The van der Waals surface area contributed by atoms with Crippen LogP contribution in [0.4, 0.5) is 20.2 Å². The predicted molar refractivity (Wildman–Crippen MR) is 172 cm³/mol. The molecule has 14 heteroatoms. The molecule has 0 atom stereocenters. The molecule has 1 fully saturated rings. The second kappa shape index (κ2) is 12.3. The summed E-state index contributed by atoms with van der Waals surface area (Å²) in [4.78, 5) is 39.2. The first kappa shape index (κ1) is 32.2. The number of hydrogen-bond donors (Lipinski definition) is 1. The normalized spacial score (nSPS) is 13.4. The van der Waals surface area contributed by atoms with Crippen molar-refractivity contribution in [3.8, 4) is 23.0 Å². The third-order valence-electron chi connectivity index (χ3n) is 7.73. The fraction of sp³-hybridized carbons (Fsp3) is 0.258. The molecule has 0 spiro atoms. The van der Waals surface area contributed by atoms with Gasteiger partial charge in [0.25, 0.3) is 5.56 Å². The van der Waals surface area contributed by atoms with Gasteiger partial charge in [-0.25, -0.2) is 13.8 Å². The van der Waals surface area contributed by atoms with Crippen molar-refractivity contribution in [1.82, 2.24) is 19.4 Å². The second-order valence-electron chi connectivity index (χ2n) is 10.7. The number of halogens is 5. The third-order valence-corrected chi connectivity index (χ3v) is 8.74. The molecule has 1 amide bonds. The number of carbonyl (C=O) groups is 1. The zero-order valence-electron chi connectivity index (χ0n) is 24.4. The van der Waals surface area contributed by atoms with Crippen LogP contribution in [0.15, 0.2) is 35.8 Å². The molecule has 2 N–H and O–H groups in total. The summed E-state index contributed by atoms with van der Waals surface area (Å²) in [6.45, 7) is 10.2. The highest BCUT2D eigenvalue weighted by Gasteiger charge is 2.31. The van der Waals surface area contributed by atoms with Crippen LogP contribution in [0.3, 0.4) is 0 Å². The number of rotatable bonds is 5. The van der Waals surface area contributed by atoms with E-state index in [4.69, 9.17) is 40.5 Å². The first-order valence-electron chi connectivity index (χ1n) is 13.8. The van der Waals surface area contributed by atoms with E-state index in [0.29, 0.717) is 30.0 Å². The first-order valence-corrected chi connectivity index (χ1v) is 14.9. The zero-order chi connectivity index (χ0) is 32.9. The average Bonchev–Trinajstić information content (AvgIpc) is 3.02. The van der Waals surface area contributed by atoms with E-state index >= 15 is 4.39 Å². The van der Waals surface area contributed by atoms with Crippen molar-refractivity contribution in [3.63, 3.8) is 0 Å². The van der Waals surface area contributed by atoms with E-state index in [2.05, 4.69) is 22.6 Å². The van der Waals surface area contributed by atoms with Gasteiger partial charge in [0.2, 0.25) is 5.91 Å². The Morgan fingerprint density at radius 1 is 1.13 bits per heavy atom. The molecular weight excluding hydrogens is 647 g/mol. The fourth-order valence-electron chi connectivity index (χ4n) is 5.50. The van der Waals surface area contributed by atoms with Crippen molar-refractivity contribution in [2.24, 2.45) is 0 Å². The Hall–Kier alpha value is -4.24. The number of nitrogens with zero attached hydrogens (tertiary/aromatic N) is 6. The quantitative estimate of drug-likeness (QED) is 0.113. The molecule has 1 saturated heterocycles. The van der Waals surface area contributed by atoms with Crippen LogP contribution in [0.25, 0.3) is 28.0 Å². The maximum absolute atomic E-state index is 15.6. The molecule has 0 aliphatic carbocycles.